The Morgan fingerprint density at radius 1 is 1.17 bits per heavy atom. The van der Waals surface area contributed by atoms with Gasteiger partial charge in [-0.1, -0.05) is 23.8 Å². The summed E-state index contributed by atoms with van der Waals surface area (Å²) >= 11 is 0. The Hall–Kier alpha value is -3.45. The van der Waals surface area contributed by atoms with Crippen LogP contribution in [0.5, 0.6) is 0 Å². The normalized spacial score (nSPS) is 15.5. The Kier molecular flexibility index (Phi) is 5.13. The molecule has 7 nitrogen and oxygen atoms in total. The first-order valence-corrected chi connectivity index (χ1v) is 9.63. The van der Waals surface area contributed by atoms with Crippen LogP contribution in [0.15, 0.2) is 51.7 Å². The monoisotopic (exact) mass is 407 g/mol. The van der Waals surface area contributed by atoms with Crippen molar-refractivity contribution in [3.63, 3.8) is 0 Å². The van der Waals surface area contributed by atoms with Crippen LogP contribution in [0.2, 0.25) is 0 Å². The molecule has 2 heterocycles. The first-order chi connectivity index (χ1) is 14.5. The Morgan fingerprint density at radius 2 is 1.90 bits per heavy atom. The predicted octanol–water partition coefficient (Wildman–Crippen LogP) is 2.82. The van der Waals surface area contributed by atoms with Crippen molar-refractivity contribution in [2.45, 2.75) is 19.4 Å². The van der Waals surface area contributed by atoms with Gasteiger partial charge in [0.1, 0.15) is 5.58 Å². The fraction of sp³-hybridized carbons (Fsp3) is 0.261. The van der Waals surface area contributed by atoms with E-state index in [0.717, 1.165) is 5.56 Å². The van der Waals surface area contributed by atoms with Gasteiger partial charge in [-0.3, -0.25) is 9.59 Å². The van der Waals surface area contributed by atoms with Crippen molar-refractivity contribution in [1.82, 2.24) is 4.90 Å². The number of carbonyl (C=O) groups excluding carboxylic acids is 2. The van der Waals surface area contributed by atoms with Gasteiger partial charge in [-0.15, -0.1) is 0 Å². The minimum atomic E-state index is -0.660. The number of benzene rings is 2. The number of aryl methyl sites for hydroxylation is 1. The molecule has 1 aromatic heterocycles. The zero-order valence-electron chi connectivity index (χ0n) is 16.7. The molecule has 7 heteroatoms. The number of aliphatic hydroxyl groups excluding tert-OH is 1. The molecule has 1 unspecified atom stereocenters. The first kappa shape index (κ1) is 19.8. The molecule has 0 spiro atoms. The average molecular weight is 407 g/mol. The highest BCUT2D eigenvalue weighted by Crippen LogP contribution is 2.38. The molecule has 154 valence electrons. The molecule has 4 rings (SSSR count). The third-order valence-corrected chi connectivity index (χ3v) is 5.33. The number of amides is 1. The van der Waals surface area contributed by atoms with Gasteiger partial charge in [-0.05, 0) is 43.2 Å². The van der Waals surface area contributed by atoms with Crippen LogP contribution in [-0.4, -0.2) is 42.1 Å². The summed E-state index contributed by atoms with van der Waals surface area (Å²) in [5.74, 6) is -0.834. The van der Waals surface area contributed by atoms with Gasteiger partial charge >= 0.3 is 5.97 Å². The molecule has 30 heavy (non-hydrogen) atoms. The third-order valence-electron chi connectivity index (χ3n) is 5.33. The average Bonchev–Trinajstić information content (AvgIpc) is 3.04. The van der Waals surface area contributed by atoms with Gasteiger partial charge < -0.3 is 19.2 Å². The van der Waals surface area contributed by atoms with Gasteiger partial charge in [-0.25, -0.2) is 4.79 Å². The molecule has 1 amide bonds. The summed E-state index contributed by atoms with van der Waals surface area (Å²) in [4.78, 5) is 39.8. The lowest BCUT2D eigenvalue weighted by Gasteiger charge is -2.25. The van der Waals surface area contributed by atoms with E-state index in [1.807, 2.05) is 13.0 Å². The topological polar surface area (TPSA) is 97.0 Å². The van der Waals surface area contributed by atoms with Crippen molar-refractivity contribution < 1.29 is 23.8 Å². The SMILES string of the molecule is COC(=O)c1ccc(C2c3c(oc4ccc(C)cc4c3=O)C(=O)N2CCCO)cc1. The smallest absolute Gasteiger partial charge is 0.337 e. The van der Waals surface area contributed by atoms with Crippen molar-refractivity contribution in [2.24, 2.45) is 0 Å². The van der Waals surface area contributed by atoms with Crippen molar-refractivity contribution in [1.29, 1.82) is 0 Å². The number of nitrogens with zero attached hydrogens (tertiary/aromatic N) is 1. The Balaban J connectivity index is 1.90. The number of hydrogen-bond acceptors (Lipinski definition) is 6. The second-order valence-electron chi connectivity index (χ2n) is 7.27. The zero-order valence-corrected chi connectivity index (χ0v) is 16.7. The van der Waals surface area contributed by atoms with E-state index in [-0.39, 0.29) is 35.8 Å². The second kappa shape index (κ2) is 7.76. The molecular weight excluding hydrogens is 386 g/mol. The second-order valence-corrected chi connectivity index (χ2v) is 7.27. The number of ether oxygens (including phenoxy) is 1. The maximum atomic E-state index is 13.4. The molecule has 0 saturated heterocycles. The fourth-order valence-corrected chi connectivity index (χ4v) is 3.87. The van der Waals surface area contributed by atoms with Crippen LogP contribution in [0, 0.1) is 6.92 Å². The van der Waals surface area contributed by atoms with E-state index in [2.05, 4.69) is 0 Å². The minimum Gasteiger partial charge on any atom is -0.465 e. The highest BCUT2D eigenvalue weighted by Gasteiger charge is 2.42. The summed E-state index contributed by atoms with van der Waals surface area (Å²) in [6.07, 6.45) is 0.364. The van der Waals surface area contributed by atoms with E-state index in [0.29, 0.717) is 28.5 Å². The number of carbonyl (C=O) groups is 2. The maximum absolute atomic E-state index is 13.4. The van der Waals surface area contributed by atoms with Gasteiger partial charge in [0.25, 0.3) is 5.91 Å². The Bertz CT molecular complexity index is 1190. The lowest BCUT2D eigenvalue weighted by atomic mass is 9.97. The lowest BCUT2D eigenvalue weighted by molar-refractivity contribution is 0.0599. The van der Waals surface area contributed by atoms with Crippen molar-refractivity contribution >= 4 is 22.8 Å². The zero-order chi connectivity index (χ0) is 21.4. The van der Waals surface area contributed by atoms with Crippen LogP contribution in [0.4, 0.5) is 0 Å². The minimum absolute atomic E-state index is 0.0244. The van der Waals surface area contributed by atoms with E-state index >= 15 is 0 Å². The summed E-state index contributed by atoms with van der Waals surface area (Å²) in [7, 11) is 1.30. The molecule has 1 N–H and O–H groups in total. The van der Waals surface area contributed by atoms with Gasteiger partial charge in [-0.2, -0.15) is 0 Å². The number of rotatable bonds is 5. The quantitative estimate of drug-likeness (QED) is 0.654. The highest BCUT2D eigenvalue weighted by atomic mass is 16.5. The molecule has 0 saturated carbocycles. The fourth-order valence-electron chi connectivity index (χ4n) is 3.87. The number of methoxy groups -OCH3 is 1. The molecule has 1 aliphatic rings. The van der Waals surface area contributed by atoms with Gasteiger partial charge in [0.2, 0.25) is 5.76 Å². The molecule has 2 aromatic carbocycles. The van der Waals surface area contributed by atoms with Crippen LogP contribution in [0.25, 0.3) is 11.0 Å². The van der Waals surface area contributed by atoms with E-state index in [4.69, 9.17) is 9.15 Å². The summed E-state index contributed by atoms with van der Waals surface area (Å²) < 4.78 is 10.6. The molecule has 0 fully saturated rings. The molecule has 0 bridgehead atoms. The largest absolute Gasteiger partial charge is 0.465 e. The van der Waals surface area contributed by atoms with E-state index < -0.39 is 12.0 Å². The van der Waals surface area contributed by atoms with Gasteiger partial charge in [0.15, 0.2) is 5.43 Å². The van der Waals surface area contributed by atoms with Crippen molar-refractivity contribution in [2.75, 3.05) is 20.3 Å². The number of hydrogen-bond donors (Lipinski definition) is 1. The summed E-state index contributed by atoms with van der Waals surface area (Å²) in [5, 5.41) is 9.69. The Morgan fingerprint density at radius 3 is 2.57 bits per heavy atom. The van der Waals surface area contributed by atoms with Crippen LogP contribution in [0.3, 0.4) is 0 Å². The number of fused-ring (bicyclic) bond motifs is 2. The van der Waals surface area contributed by atoms with Crippen molar-refractivity contribution in [3.05, 3.63) is 80.7 Å². The van der Waals surface area contributed by atoms with E-state index in [1.165, 1.54) is 12.0 Å². The summed E-state index contributed by atoms with van der Waals surface area (Å²) in [6.45, 7) is 2.06. The highest BCUT2D eigenvalue weighted by molar-refractivity contribution is 5.99. The predicted molar refractivity (Wildman–Crippen MR) is 110 cm³/mol. The standard InChI is InChI=1S/C23H21NO6/c1-13-4-9-17-16(12-13)20(26)18-19(14-5-7-15(8-6-14)23(28)29-2)24(10-3-11-25)22(27)21(18)30-17/h4-9,12,19,25H,3,10-11H2,1-2H3. The molecular formula is C23H21NO6. The molecule has 3 aromatic rings. The third kappa shape index (κ3) is 3.17. The van der Waals surface area contributed by atoms with Crippen LogP contribution < -0.4 is 5.43 Å². The van der Waals surface area contributed by atoms with Gasteiger partial charge in [0.05, 0.1) is 29.7 Å². The first-order valence-electron chi connectivity index (χ1n) is 9.63. The van der Waals surface area contributed by atoms with E-state index in [1.54, 1.807) is 36.4 Å². The van der Waals surface area contributed by atoms with E-state index in [9.17, 15) is 19.5 Å². The van der Waals surface area contributed by atoms with Crippen LogP contribution >= 0.6 is 0 Å². The van der Waals surface area contributed by atoms with Crippen LogP contribution in [-0.2, 0) is 4.74 Å². The Labute approximate surface area is 172 Å². The molecule has 0 radical (unpaired) electrons. The molecule has 0 aliphatic carbocycles. The summed E-state index contributed by atoms with van der Waals surface area (Å²) in [5.41, 5.74) is 2.34. The molecule has 1 aliphatic heterocycles. The molecule has 1 atom stereocenters. The van der Waals surface area contributed by atoms with Gasteiger partial charge in [0, 0.05) is 13.2 Å². The van der Waals surface area contributed by atoms with Crippen LogP contribution in [0.1, 0.15) is 50.1 Å². The van der Waals surface area contributed by atoms with Crippen molar-refractivity contribution in [3.8, 4) is 0 Å². The number of esters is 1. The number of aliphatic hydroxyl groups is 1. The summed E-state index contributed by atoms with van der Waals surface area (Å²) in [6, 6.07) is 11.2. The lowest BCUT2D eigenvalue weighted by Crippen LogP contribution is -2.31. The maximum Gasteiger partial charge on any atom is 0.337 e.